The molecule has 0 radical (unpaired) electrons. The number of allylic oxidation sites excluding steroid dienone is 4. The molecule has 0 aromatic rings. The van der Waals surface area contributed by atoms with Crippen LogP contribution in [-0.4, -0.2) is 44.3 Å². The second-order valence-electron chi connectivity index (χ2n) is 22.2. The summed E-state index contributed by atoms with van der Waals surface area (Å²) in [4.78, 5) is 41.2. The van der Waals surface area contributed by atoms with Gasteiger partial charge in [0.25, 0.3) is 0 Å². The molecule has 0 fully saturated rings. The van der Waals surface area contributed by atoms with Gasteiger partial charge in [-0.2, -0.15) is 0 Å². The summed E-state index contributed by atoms with van der Waals surface area (Å²) in [7, 11) is 0. The lowest BCUT2D eigenvalue weighted by Gasteiger charge is -2.03. The summed E-state index contributed by atoms with van der Waals surface area (Å²) in [6.07, 6.45) is 77.0. The Hall–Kier alpha value is -2.64. The summed E-state index contributed by atoms with van der Waals surface area (Å²) >= 11 is 0. The average Bonchev–Trinajstić information content (AvgIpc) is 3.39. The molecule has 0 unspecified atom stereocenters. The summed E-state index contributed by atoms with van der Waals surface area (Å²) in [6, 6.07) is 0. The zero-order chi connectivity index (χ0) is 56.7. The van der Waals surface area contributed by atoms with Crippen LogP contribution in [0.5, 0.6) is 0 Å². The molecule has 0 saturated carbocycles. The Morgan fingerprint density at radius 2 is 0.316 bits per heavy atom. The van der Waals surface area contributed by atoms with Crippen molar-refractivity contribution in [2.24, 2.45) is 0 Å². The molecule has 0 aliphatic rings. The molecule has 0 heterocycles. The van der Waals surface area contributed by atoms with Crippen molar-refractivity contribution in [2.45, 2.75) is 387 Å². The highest BCUT2D eigenvalue weighted by atomic mass is 16.4. The van der Waals surface area contributed by atoms with Gasteiger partial charge in [-0.3, -0.25) is 19.2 Å². The Balaban J connectivity index is -0.000000455. The highest BCUT2D eigenvalue weighted by molar-refractivity contribution is 5.67. The van der Waals surface area contributed by atoms with Crippen molar-refractivity contribution in [1.82, 2.24) is 0 Å². The van der Waals surface area contributed by atoms with Crippen LogP contribution in [0.2, 0.25) is 0 Å². The van der Waals surface area contributed by atoms with E-state index in [0.717, 1.165) is 51.4 Å². The van der Waals surface area contributed by atoms with E-state index < -0.39 is 23.9 Å². The van der Waals surface area contributed by atoms with E-state index in [9.17, 15) is 19.2 Å². The molecule has 0 spiro atoms. The molecule has 452 valence electrons. The maximum Gasteiger partial charge on any atom is 0.303 e. The zero-order valence-electron chi connectivity index (χ0n) is 51.3. The molecule has 0 aromatic heterocycles. The minimum absolute atomic E-state index is 0.331. The van der Waals surface area contributed by atoms with E-state index in [0.29, 0.717) is 25.7 Å². The van der Waals surface area contributed by atoms with Crippen LogP contribution in [0, 0.1) is 0 Å². The molecule has 0 aromatic carbocycles. The SMILES string of the molecule is CCCCCC/C=C\CCCCCCCC(=O)O.CCCCCCCC/C=C/CCCCCCCC(=O)O.CCCCCCCCCCCCCCCC(=O)O.CCCCCCCCCCCCCCCCCC(=O)O. The summed E-state index contributed by atoms with van der Waals surface area (Å²) in [5.74, 6) is -2.64. The van der Waals surface area contributed by atoms with Gasteiger partial charge in [-0.25, -0.2) is 0 Å². The Bertz CT molecular complexity index is 1180. The van der Waals surface area contributed by atoms with Crippen LogP contribution in [0.1, 0.15) is 387 Å². The first-order chi connectivity index (χ1) is 37.1. The van der Waals surface area contributed by atoms with Gasteiger partial charge in [-0.05, 0) is 77.0 Å². The molecule has 8 heteroatoms. The molecule has 76 heavy (non-hydrogen) atoms. The summed E-state index contributed by atoms with van der Waals surface area (Å²) in [6.45, 7) is 9.03. The number of carbonyl (C=O) groups is 4. The molecular weight excluding hydrogens is 945 g/mol. The third-order valence-corrected chi connectivity index (χ3v) is 14.3. The van der Waals surface area contributed by atoms with Gasteiger partial charge >= 0.3 is 23.9 Å². The number of aliphatic carboxylic acids is 4. The lowest BCUT2D eigenvalue weighted by atomic mass is 10.0. The van der Waals surface area contributed by atoms with E-state index in [2.05, 4.69) is 52.0 Å². The van der Waals surface area contributed by atoms with Gasteiger partial charge in [0.2, 0.25) is 0 Å². The molecule has 8 nitrogen and oxygen atoms in total. The van der Waals surface area contributed by atoms with E-state index in [4.69, 9.17) is 20.4 Å². The fourth-order valence-electron chi connectivity index (χ4n) is 9.28. The Labute approximate surface area is 473 Å². The van der Waals surface area contributed by atoms with Crippen LogP contribution in [-0.2, 0) is 19.2 Å². The fraction of sp³-hybridized carbons (Fsp3) is 0.882. The average molecular weight is 1080 g/mol. The van der Waals surface area contributed by atoms with Gasteiger partial charge in [0, 0.05) is 25.7 Å². The number of carboxylic acids is 4. The van der Waals surface area contributed by atoms with Gasteiger partial charge in [0.05, 0.1) is 0 Å². The van der Waals surface area contributed by atoms with Crippen molar-refractivity contribution in [2.75, 3.05) is 0 Å². The molecule has 0 saturated heterocycles. The van der Waals surface area contributed by atoms with E-state index in [1.54, 1.807) is 0 Å². The fourth-order valence-corrected chi connectivity index (χ4v) is 9.28. The first-order valence-electron chi connectivity index (χ1n) is 33.3. The van der Waals surface area contributed by atoms with Gasteiger partial charge in [-0.15, -0.1) is 0 Å². The van der Waals surface area contributed by atoms with Crippen molar-refractivity contribution in [3.05, 3.63) is 24.3 Å². The first kappa shape index (κ1) is 79.8. The van der Waals surface area contributed by atoms with Gasteiger partial charge in [0.1, 0.15) is 0 Å². The molecule has 0 bridgehead atoms. The van der Waals surface area contributed by atoms with Crippen LogP contribution < -0.4 is 0 Å². The molecule has 0 atom stereocenters. The van der Waals surface area contributed by atoms with Crippen LogP contribution in [0.4, 0.5) is 0 Å². The van der Waals surface area contributed by atoms with Gasteiger partial charge < -0.3 is 20.4 Å². The lowest BCUT2D eigenvalue weighted by Crippen LogP contribution is -1.93. The molecule has 4 N–H and O–H groups in total. The van der Waals surface area contributed by atoms with E-state index in [1.165, 1.54) is 283 Å². The lowest BCUT2D eigenvalue weighted by molar-refractivity contribution is -0.138. The normalized spacial score (nSPS) is 11.0. The first-order valence-corrected chi connectivity index (χ1v) is 33.3. The van der Waals surface area contributed by atoms with Crippen LogP contribution in [0.15, 0.2) is 24.3 Å². The summed E-state index contributed by atoms with van der Waals surface area (Å²) in [5, 5.41) is 34.0. The van der Waals surface area contributed by atoms with Crippen LogP contribution in [0.3, 0.4) is 0 Å². The highest BCUT2D eigenvalue weighted by Crippen LogP contribution is 2.16. The Morgan fingerprint density at radius 1 is 0.197 bits per heavy atom. The minimum atomic E-state index is -0.666. The number of hydrogen-bond donors (Lipinski definition) is 4. The third-order valence-electron chi connectivity index (χ3n) is 14.3. The van der Waals surface area contributed by atoms with Crippen molar-refractivity contribution in [3.8, 4) is 0 Å². The van der Waals surface area contributed by atoms with Crippen molar-refractivity contribution in [1.29, 1.82) is 0 Å². The van der Waals surface area contributed by atoms with Crippen molar-refractivity contribution in [3.63, 3.8) is 0 Å². The van der Waals surface area contributed by atoms with Crippen molar-refractivity contribution < 1.29 is 39.6 Å². The molecule has 0 amide bonds. The summed E-state index contributed by atoms with van der Waals surface area (Å²) in [5.41, 5.74) is 0. The topological polar surface area (TPSA) is 149 Å². The monoisotopic (exact) mass is 1080 g/mol. The standard InChI is InChI=1S/C18H36O2.C18H34O2.C16H32O2.C16H30O2/c2*1-2-3-4-5-6-7-8-9-10-11-12-13-14-15-16-17-18(19)20;2*1-2-3-4-5-6-7-8-9-10-11-12-13-14-15-16(17)18/h2-17H2,1H3,(H,19,20);9-10H,2-8,11-17H2,1H3,(H,19,20);2-15H2,1H3,(H,17,18);7-8H,2-6,9-15H2,1H3,(H,17,18)/b;10-9+;;8-7-. The number of rotatable bonds is 58. The van der Waals surface area contributed by atoms with E-state index >= 15 is 0 Å². The predicted octanol–water partition coefficient (Wildman–Crippen LogP) is 23.3. The smallest absolute Gasteiger partial charge is 0.303 e. The second-order valence-corrected chi connectivity index (χ2v) is 22.2. The highest BCUT2D eigenvalue weighted by Gasteiger charge is 2.00. The maximum atomic E-state index is 10.3. The van der Waals surface area contributed by atoms with Gasteiger partial charge in [-0.1, -0.05) is 309 Å². The minimum Gasteiger partial charge on any atom is -0.481 e. The van der Waals surface area contributed by atoms with E-state index in [-0.39, 0.29) is 0 Å². The molecule has 0 aliphatic carbocycles. The summed E-state index contributed by atoms with van der Waals surface area (Å²) < 4.78 is 0. The maximum absolute atomic E-state index is 10.3. The van der Waals surface area contributed by atoms with Crippen molar-refractivity contribution >= 4 is 23.9 Å². The largest absolute Gasteiger partial charge is 0.481 e. The number of carboxylic acid groups (broad SMARTS) is 4. The molecule has 0 aliphatic heterocycles. The zero-order valence-corrected chi connectivity index (χ0v) is 51.3. The Morgan fingerprint density at radius 3 is 0.461 bits per heavy atom. The number of hydrogen-bond acceptors (Lipinski definition) is 4. The second kappa shape index (κ2) is 76.6. The molecular formula is C68H132O8. The number of unbranched alkanes of at least 4 members (excludes halogenated alkanes) is 46. The third kappa shape index (κ3) is 93.8. The molecule has 0 rings (SSSR count). The quantitative estimate of drug-likeness (QED) is 0.0347. The Kier molecular flexibility index (Phi) is 80.5. The van der Waals surface area contributed by atoms with Crippen LogP contribution >= 0.6 is 0 Å². The van der Waals surface area contributed by atoms with Crippen LogP contribution in [0.25, 0.3) is 0 Å². The predicted molar refractivity (Wildman–Crippen MR) is 330 cm³/mol. The van der Waals surface area contributed by atoms with E-state index in [1.807, 2.05) is 0 Å². The van der Waals surface area contributed by atoms with Gasteiger partial charge in [0.15, 0.2) is 0 Å².